The third-order valence-corrected chi connectivity index (χ3v) is 5.05. The van der Waals surface area contributed by atoms with E-state index in [1.807, 2.05) is 18.2 Å². The molecule has 0 bridgehead atoms. The van der Waals surface area contributed by atoms with Gasteiger partial charge in [0.15, 0.2) is 6.54 Å². The Balaban J connectivity index is 1.64. The summed E-state index contributed by atoms with van der Waals surface area (Å²) in [6.07, 6.45) is 1.98. The summed E-state index contributed by atoms with van der Waals surface area (Å²) >= 11 is 0. The lowest BCUT2D eigenvalue weighted by Crippen LogP contribution is -3.11. The lowest BCUT2D eigenvalue weighted by Gasteiger charge is -2.23. The summed E-state index contributed by atoms with van der Waals surface area (Å²) in [6.45, 7) is -1.69. The van der Waals surface area contributed by atoms with Crippen LogP contribution in [0.5, 0.6) is 17.2 Å². The van der Waals surface area contributed by atoms with Crippen LogP contribution in [0.1, 0.15) is 24.4 Å². The van der Waals surface area contributed by atoms with Crippen molar-refractivity contribution in [1.82, 2.24) is 0 Å². The minimum Gasteiger partial charge on any atom is -0.497 e. The summed E-state index contributed by atoms with van der Waals surface area (Å²) in [5, 5.41) is 2.81. The van der Waals surface area contributed by atoms with Crippen molar-refractivity contribution in [2.75, 3.05) is 32.6 Å². The van der Waals surface area contributed by atoms with Crippen molar-refractivity contribution in [2.45, 2.75) is 25.5 Å². The second-order valence-electron chi connectivity index (χ2n) is 6.84. The Labute approximate surface area is 168 Å². The minimum atomic E-state index is -2.87. The van der Waals surface area contributed by atoms with Gasteiger partial charge in [0.1, 0.15) is 23.3 Å². The van der Waals surface area contributed by atoms with E-state index >= 15 is 0 Å². The minimum absolute atomic E-state index is 0.0508. The second kappa shape index (κ2) is 9.56. The summed E-state index contributed by atoms with van der Waals surface area (Å²) < 4.78 is 39.5. The zero-order valence-electron chi connectivity index (χ0n) is 16.4. The normalized spacial score (nSPS) is 18.5. The van der Waals surface area contributed by atoms with E-state index in [9.17, 15) is 13.6 Å². The highest BCUT2D eigenvalue weighted by Gasteiger charge is 2.33. The molecule has 3 rings (SSSR count). The van der Waals surface area contributed by atoms with Crippen LogP contribution < -0.4 is 24.4 Å². The molecule has 0 aromatic heterocycles. The topological polar surface area (TPSA) is 61.2 Å². The summed E-state index contributed by atoms with van der Waals surface area (Å²) in [5.41, 5.74) is 1.59. The Morgan fingerprint density at radius 3 is 2.52 bits per heavy atom. The second-order valence-corrected chi connectivity index (χ2v) is 6.84. The highest BCUT2D eigenvalue weighted by atomic mass is 19.3. The van der Waals surface area contributed by atoms with Crippen LogP contribution in [0.2, 0.25) is 0 Å². The molecule has 0 saturated carbocycles. The SMILES string of the molecule is COc1ccc([C@@H]2CCC[NH+]2CC(=O)Nc2ccc(OC(F)F)cc2)c(OC)c1. The summed E-state index contributed by atoms with van der Waals surface area (Å²) in [7, 11) is 3.24. The molecule has 1 unspecified atom stereocenters. The number of hydrogen-bond donors (Lipinski definition) is 2. The first-order chi connectivity index (χ1) is 14.0. The van der Waals surface area contributed by atoms with Crippen LogP contribution in [0, 0.1) is 0 Å². The van der Waals surface area contributed by atoms with Crippen LogP contribution >= 0.6 is 0 Å². The van der Waals surface area contributed by atoms with Gasteiger partial charge in [-0.15, -0.1) is 0 Å². The first-order valence-electron chi connectivity index (χ1n) is 9.41. The van der Waals surface area contributed by atoms with Gasteiger partial charge in [0.25, 0.3) is 5.91 Å². The summed E-state index contributed by atoms with van der Waals surface area (Å²) in [4.78, 5) is 13.7. The number of alkyl halides is 2. The van der Waals surface area contributed by atoms with Gasteiger partial charge in [0.2, 0.25) is 0 Å². The molecule has 1 saturated heterocycles. The van der Waals surface area contributed by atoms with Crippen molar-refractivity contribution in [2.24, 2.45) is 0 Å². The number of halogens is 2. The molecule has 1 fully saturated rings. The number of rotatable bonds is 8. The van der Waals surface area contributed by atoms with E-state index in [4.69, 9.17) is 9.47 Å². The Hall–Kier alpha value is -2.87. The summed E-state index contributed by atoms with van der Waals surface area (Å²) in [5.74, 6) is 1.39. The van der Waals surface area contributed by atoms with E-state index in [2.05, 4.69) is 10.1 Å². The highest BCUT2D eigenvalue weighted by molar-refractivity contribution is 5.91. The molecule has 2 N–H and O–H groups in total. The van der Waals surface area contributed by atoms with Gasteiger partial charge < -0.3 is 24.4 Å². The molecule has 8 heteroatoms. The maximum atomic E-state index is 12.5. The third-order valence-electron chi connectivity index (χ3n) is 5.05. The number of ether oxygens (including phenoxy) is 3. The van der Waals surface area contributed by atoms with E-state index in [1.165, 1.54) is 12.1 Å². The molecule has 6 nitrogen and oxygen atoms in total. The highest BCUT2D eigenvalue weighted by Crippen LogP contribution is 2.31. The number of quaternary nitrogens is 1. The lowest BCUT2D eigenvalue weighted by atomic mass is 10.0. The first kappa shape index (κ1) is 20.9. The molecule has 2 aromatic rings. The molecule has 2 atom stereocenters. The fraction of sp³-hybridized carbons (Fsp3) is 0.381. The number of nitrogens with one attached hydrogen (secondary N) is 2. The van der Waals surface area contributed by atoms with Crippen molar-refractivity contribution in [3.05, 3.63) is 48.0 Å². The van der Waals surface area contributed by atoms with Crippen molar-refractivity contribution >= 4 is 11.6 Å². The number of methoxy groups -OCH3 is 2. The quantitative estimate of drug-likeness (QED) is 0.707. The molecule has 1 amide bonds. The molecular formula is C21H25F2N2O4+. The summed E-state index contributed by atoms with van der Waals surface area (Å²) in [6, 6.07) is 11.8. The van der Waals surface area contributed by atoms with Crippen LogP contribution in [-0.4, -0.2) is 39.8 Å². The van der Waals surface area contributed by atoms with Crippen molar-refractivity contribution in [1.29, 1.82) is 0 Å². The smallest absolute Gasteiger partial charge is 0.387 e. The largest absolute Gasteiger partial charge is 0.497 e. The van der Waals surface area contributed by atoms with E-state index in [0.29, 0.717) is 12.2 Å². The zero-order chi connectivity index (χ0) is 20.8. The molecule has 1 aliphatic rings. The van der Waals surface area contributed by atoms with Gasteiger partial charge in [-0.25, -0.2) is 0 Å². The van der Waals surface area contributed by atoms with E-state index in [0.717, 1.165) is 41.3 Å². The Kier molecular flexibility index (Phi) is 6.87. The zero-order valence-corrected chi connectivity index (χ0v) is 16.4. The Bertz CT molecular complexity index is 830. The number of likely N-dealkylation sites (tertiary alicyclic amines) is 1. The number of amides is 1. The Morgan fingerprint density at radius 1 is 1.14 bits per heavy atom. The fourth-order valence-electron chi connectivity index (χ4n) is 3.74. The molecular weight excluding hydrogens is 382 g/mol. The molecule has 1 aliphatic heterocycles. The van der Waals surface area contributed by atoms with Crippen molar-refractivity contribution in [3.63, 3.8) is 0 Å². The lowest BCUT2D eigenvalue weighted by molar-refractivity contribution is -0.910. The monoisotopic (exact) mass is 407 g/mol. The predicted octanol–water partition coefficient (Wildman–Crippen LogP) is 2.66. The number of carbonyl (C=O) groups is 1. The van der Waals surface area contributed by atoms with Crippen LogP contribution in [0.25, 0.3) is 0 Å². The average Bonchev–Trinajstić information content (AvgIpc) is 3.16. The molecule has 0 aliphatic carbocycles. The van der Waals surface area contributed by atoms with Gasteiger partial charge in [0, 0.05) is 24.6 Å². The molecule has 1 heterocycles. The molecule has 0 spiro atoms. The average molecular weight is 407 g/mol. The molecule has 2 aromatic carbocycles. The van der Waals surface area contributed by atoms with Crippen LogP contribution in [0.3, 0.4) is 0 Å². The third kappa shape index (κ3) is 5.35. The van der Waals surface area contributed by atoms with E-state index in [1.54, 1.807) is 26.4 Å². The van der Waals surface area contributed by atoms with Gasteiger partial charge in [-0.1, -0.05) is 0 Å². The number of benzene rings is 2. The number of hydrogen-bond acceptors (Lipinski definition) is 4. The standard InChI is InChI=1S/C21H24F2N2O4/c1-27-16-9-10-17(19(12-16)28-2)18-4-3-11-25(18)13-20(26)24-14-5-7-15(8-6-14)29-21(22)23/h5-10,12,18,21H,3-4,11,13H2,1-2H3,(H,24,26)/p+1/t18-/m0/s1. The van der Waals surface area contributed by atoms with Crippen molar-refractivity contribution in [3.8, 4) is 17.2 Å². The first-order valence-corrected chi connectivity index (χ1v) is 9.41. The Morgan fingerprint density at radius 2 is 1.86 bits per heavy atom. The van der Waals surface area contributed by atoms with Gasteiger partial charge in [-0.3, -0.25) is 4.79 Å². The van der Waals surface area contributed by atoms with Crippen molar-refractivity contribution < 1.29 is 32.7 Å². The number of carbonyl (C=O) groups excluding carboxylic acids is 1. The van der Waals surface area contributed by atoms with E-state index < -0.39 is 6.61 Å². The van der Waals surface area contributed by atoms with Gasteiger partial charge in [0.05, 0.1) is 26.3 Å². The van der Waals surface area contributed by atoms with Gasteiger partial charge in [-0.2, -0.15) is 8.78 Å². The maximum absolute atomic E-state index is 12.5. The van der Waals surface area contributed by atoms with Crippen LogP contribution in [-0.2, 0) is 4.79 Å². The predicted molar refractivity (Wildman–Crippen MR) is 104 cm³/mol. The fourth-order valence-corrected chi connectivity index (χ4v) is 3.74. The molecule has 0 radical (unpaired) electrons. The van der Waals surface area contributed by atoms with Gasteiger partial charge >= 0.3 is 6.61 Å². The van der Waals surface area contributed by atoms with Crippen LogP contribution in [0.4, 0.5) is 14.5 Å². The molecule has 156 valence electrons. The van der Waals surface area contributed by atoms with Crippen LogP contribution in [0.15, 0.2) is 42.5 Å². The molecule has 29 heavy (non-hydrogen) atoms. The number of anilines is 1. The van der Waals surface area contributed by atoms with Gasteiger partial charge in [-0.05, 0) is 36.4 Å². The maximum Gasteiger partial charge on any atom is 0.387 e. The van der Waals surface area contributed by atoms with E-state index in [-0.39, 0.29) is 17.7 Å².